The fraction of sp³-hybridized carbons (Fsp3) is 0. The third kappa shape index (κ3) is 37.8. The minimum atomic E-state index is 0. The second-order valence-electron chi connectivity index (χ2n) is 0.129. The van der Waals surface area contributed by atoms with Gasteiger partial charge in [0.1, 0.15) is 0 Å². The first-order chi connectivity index (χ1) is 1.41. The fourth-order valence-corrected chi connectivity index (χ4v) is 0. The minimum Gasteiger partial charge on any atom is -0.337 e. The number of hydrogen-bond acceptors (Lipinski definition) is 2. The summed E-state index contributed by atoms with van der Waals surface area (Å²) in [6.45, 7) is 0. The van der Waals surface area contributed by atoms with Crippen molar-refractivity contribution >= 4 is 37.7 Å². The summed E-state index contributed by atoms with van der Waals surface area (Å²) in [6, 6.07) is 0. The van der Waals surface area contributed by atoms with Crippen molar-refractivity contribution in [3.8, 4) is 6.19 Å². The molecule has 0 radical (unpaired) electrons. The van der Waals surface area contributed by atoms with E-state index >= 15 is 0 Å². The SMILES string of the molecule is N#CN.[Ca+2].[Zn+2]. The third-order valence-corrected chi connectivity index (χ3v) is 0. The van der Waals surface area contributed by atoms with Crippen LogP contribution in [-0.2, 0) is 19.5 Å². The maximum Gasteiger partial charge on any atom is 2.00 e. The van der Waals surface area contributed by atoms with Crippen molar-refractivity contribution in [2.24, 2.45) is 5.73 Å². The van der Waals surface area contributed by atoms with E-state index in [-0.39, 0.29) is 57.2 Å². The van der Waals surface area contributed by atoms with Crippen molar-refractivity contribution in [1.82, 2.24) is 0 Å². The summed E-state index contributed by atoms with van der Waals surface area (Å²) in [4.78, 5) is 0. The fourth-order valence-electron chi connectivity index (χ4n) is 0. The molecule has 0 fully saturated rings. The van der Waals surface area contributed by atoms with Gasteiger partial charge >= 0.3 is 57.2 Å². The van der Waals surface area contributed by atoms with Gasteiger partial charge in [0.2, 0.25) is 0 Å². The van der Waals surface area contributed by atoms with Crippen LogP contribution in [0.5, 0.6) is 0 Å². The second-order valence-corrected chi connectivity index (χ2v) is 0.129. The number of nitrogens with two attached hydrogens (primary N) is 1. The summed E-state index contributed by atoms with van der Waals surface area (Å²) < 4.78 is 0. The maximum atomic E-state index is 7.10. The Morgan fingerprint density at radius 1 is 1.60 bits per heavy atom. The molecule has 0 aromatic heterocycles. The van der Waals surface area contributed by atoms with Gasteiger partial charge in [-0.05, 0) is 0 Å². The quantitative estimate of drug-likeness (QED) is 0.273. The van der Waals surface area contributed by atoms with Crippen LogP contribution in [0.2, 0.25) is 0 Å². The molecule has 16 valence electrons. The van der Waals surface area contributed by atoms with Crippen molar-refractivity contribution in [2.75, 3.05) is 0 Å². The average molecular weight is 148 g/mol. The third-order valence-electron chi connectivity index (χ3n) is 0. The first-order valence-electron chi connectivity index (χ1n) is 0.512. The molecular weight excluding hydrogens is 145 g/mol. The smallest absolute Gasteiger partial charge is 0.337 e. The standard InChI is InChI=1S/CH2N2.Ca.Zn/c2-1-3;;/h2H2;;/q;2*+2. The van der Waals surface area contributed by atoms with E-state index in [4.69, 9.17) is 5.26 Å². The molecular formula is CH2CaN2Zn+4. The van der Waals surface area contributed by atoms with E-state index in [9.17, 15) is 0 Å². The Labute approximate surface area is 73.5 Å². The summed E-state index contributed by atoms with van der Waals surface area (Å²) >= 11 is 0. The topological polar surface area (TPSA) is 49.8 Å². The molecule has 0 amide bonds. The Kier molecular flexibility index (Phi) is 62.6. The zero-order valence-electron chi connectivity index (χ0n) is 2.94. The summed E-state index contributed by atoms with van der Waals surface area (Å²) in [5.74, 6) is 0. The van der Waals surface area contributed by atoms with Gasteiger partial charge in [0.25, 0.3) is 0 Å². The zero-order valence-corrected chi connectivity index (χ0v) is 8.11. The number of nitrogens with zero attached hydrogens (tertiary/aromatic N) is 1. The van der Waals surface area contributed by atoms with Crippen LogP contribution in [0, 0.1) is 11.5 Å². The van der Waals surface area contributed by atoms with Gasteiger partial charge in [-0.25, -0.2) is 0 Å². The molecule has 0 aliphatic carbocycles. The van der Waals surface area contributed by atoms with Crippen LogP contribution in [0.25, 0.3) is 0 Å². The van der Waals surface area contributed by atoms with Gasteiger partial charge < -0.3 is 5.73 Å². The molecule has 2 nitrogen and oxygen atoms in total. The van der Waals surface area contributed by atoms with Gasteiger partial charge in [-0.3, -0.25) is 0 Å². The number of hydrogen-bond donors (Lipinski definition) is 1. The maximum absolute atomic E-state index is 7.10. The van der Waals surface area contributed by atoms with Crippen LogP contribution in [0.15, 0.2) is 0 Å². The Bertz CT molecular complexity index is 31.1. The van der Waals surface area contributed by atoms with Gasteiger partial charge in [-0.1, -0.05) is 0 Å². The Balaban J connectivity index is -0.0000000200. The first-order valence-corrected chi connectivity index (χ1v) is 0.512. The molecule has 0 atom stereocenters. The average Bonchev–Trinajstić information content (AvgIpc) is 0.918. The summed E-state index contributed by atoms with van der Waals surface area (Å²) in [7, 11) is 0. The van der Waals surface area contributed by atoms with Crippen molar-refractivity contribution in [1.29, 1.82) is 5.26 Å². The predicted molar refractivity (Wildman–Crippen MR) is 15.6 cm³/mol. The number of nitriles is 1. The van der Waals surface area contributed by atoms with Gasteiger partial charge in [-0.15, -0.1) is 0 Å². The molecule has 0 aromatic rings. The molecule has 0 saturated heterocycles. The van der Waals surface area contributed by atoms with E-state index in [0.717, 1.165) is 0 Å². The second kappa shape index (κ2) is 19.1. The van der Waals surface area contributed by atoms with Crippen LogP contribution >= 0.6 is 0 Å². The summed E-state index contributed by atoms with van der Waals surface area (Å²) in [5.41, 5.74) is 4.15. The first kappa shape index (κ1) is 16.4. The molecule has 0 unspecified atom stereocenters. The van der Waals surface area contributed by atoms with E-state index < -0.39 is 0 Å². The van der Waals surface area contributed by atoms with E-state index in [0.29, 0.717) is 0 Å². The zero-order chi connectivity index (χ0) is 2.71. The molecule has 0 spiro atoms. The van der Waals surface area contributed by atoms with Gasteiger partial charge in [0.15, 0.2) is 6.19 Å². The molecule has 2 N–H and O–H groups in total. The van der Waals surface area contributed by atoms with Crippen molar-refractivity contribution < 1.29 is 19.5 Å². The Hall–Kier alpha value is 1.17. The number of rotatable bonds is 0. The van der Waals surface area contributed by atoms with Crippen LogP contribution in [0.3, 0.4) is 0 Å². The largest absolute Gasteiger partial charge is 2.00 e. The molecule has 0 saturated carbocycles. The van der Waals surface area contributed by atoms with E-state index in [1.165, 1.54) is 6.19 Å². The van der Waals surface area contributed by atoms with Crippen molar-refractivity contribution in [3.05, 3.63) is 0 Å². The van der Waals surface area contributed by atoms with Gasteiger partial charge in [0.05, 0.1) is 0 Å². The molecule has 5 heavy (non-hydrogen) atoms. The monoisotopic (exact) mass is 146 g/mol. The normalized spacial score (nSPS) is 1.40. The van der Waals surface area contributed by atoms with E-state index in [1.807, 2.05) is 0 Å². The molecule has 0 rings (SSSR count). The predicted octanol–water partition coefficient (Wildman–Crippen LogP) is -0.957. The minimum absolute atomic E-state index is 0. The van der Waals surface area contributed by atoms with Crippen molar-refractivity contribution in [2.45, 2.75) is 0 Å². The van der Waals surface area contributed by atoms with Gasteiger partial charge in [-0.2, -0.15) is 5.26 Å². The van der Waals surface area contributed by atoms with Crippen LogP contribution in [0.1, 0.15) is 0 Å². The molecule has 0 aliphatic heterocycles. The molecule has 0 aliphatic rings. The summed E-state index contributed by atoms with van der Waals surface area (Å²) in [5, 5.41) is 7.10. The summed E-state index contributed by atoms with van der Waals surface area (Å²) in [6.07, 6.45) is 1.25. The molecule has 0 bridgehead atoms. The Morgan fingerprint density at radius 2 is 1.60 bits per heavy atom. The van der Waals surface area contributed by atoms with E-state index in [2.05, 4.69) is 5.73 Å². The van der Waals surface area contributed by atoms with Gasteiger partial charge in [0, 0.05) is 0 Å². The van der Waals surface area contributed by atoms with Crippen LogP contribution in [-0.4, -0.2) is 37.7 Å². The van der Waals surface area contributed by atoms with E-state index in [1.54, 1.807) is 0 Å². The van der Waals surface area contributed by atoms with Crippen LogP contribution < -0.4 is 5.73 Å². The van der Waals surface area contributed by atoms with Crippen molar-refractivity contribution in [3.63, 3.8) is 0 Å². The Morgan fingerprint density at radius 3 is 1.60 bits per heavy atom. The molecule has 0 heterocycles. The molecule has 0 aromatic carbocycles. The van der Waals surface area contributed by atoms with Crippen LogP contribution in [0.4, 0.5) is 0 Å². The molecule has 4 heteroatoms.